The van der Waals surface area contributed by atoms with E-state index in [9.17, 15) is 4.39 Å². The Morgan fingerprint density at radius 3 is 2.67 bits per heavy atom. The number of rotatable bonds is 0. The SMILES string of the molecule is Cc1cncc(F)c1Cl. The van der Waals surface area contributed by atoms with Gasteiger partial charge in [-0.25, -0.2) is 4.39 Å². The summed E-state index contributed by atoms with van der Waals surface area (Å²) < 4.78 is 12.4. The van der Waals surface area contributed by atoms with Gasteiger partial charge in [-0.05, 0) is 12.5 Å². The smallest absolute Gasteiger partial charge is 0.160 e. The number of aryl methyl sites for hydroxylation is 1. The molecule has 0 aromatic carbocycles. The van der Waals surface area contributed by atoms with E-state index in [1.165, 1.54) is 6.20 Å². The Bertz CT molecular complexity index is 204. The van der Waals surface area contributed by atoms with Gasteiger partial charge in [-0.3, -0.25) is 4.98 Å². The van der Waals surface area contributed by atoms with E-state index in [4.69, 9.17) is 11.6 Å². The van der Waals surface area contributed by atoms with Crippen LogP contribution in [-0.4, -0.2) is 4.98 Å². The highest BCUT2D eigenvalue weighted by Crippen LogP contribution is 2.15. The molecule has 1 aromatic rings. The first kappa shape index (κ1) is 6.49. The van der Waals surface area contributed by atoms with Crippen molar-refractivity contribution >= 4 is 11.6 Å². The van der Waals surface area contributed by atoms with Crippen molar-refractivity contribution in [2.75, 3.05) is 0 Å². The lowest BCUT2D eigenvalue weighted by molar-refractivity contribution is 0.620. The quantitative estimate of drug-likeness (QED) is 0.545. The maximum atomic E-state index is 12.4. The van der Waals surface area contributed by atoms with Crippen molar-refractivity contribution in [3.63, 3.8) is 0 Å². The van der Waals surface area contributed by atoms with Crippen LogP contribution in [0.15, 0.2) is 12.4 Å². The summed E-state index contributed by atoms with van der Waals surface area (Å²) in [4.78, 5) is 3.59. The largest absolute Gasteiger partial charge is 0.261 e. The minimum absolute atomic E-state index is 0.157. The van der Waals surface area contributed by atoms with Gasteiger partial charge in [0.05, 0.1) is 11.2 Å². The highest BCUT2D eigenvalue weighted by molar-refractivity contribution is 6.31. The lowest BCUT2D eigenvalue weighted by atomic mass is 10.3. The molecule has 0 bridgehead atoms. The molecule has 3 heteroatoms. The third-order valence-corrected chi connectivity index (χ3v) is 1.49. The van der Waals surface area contributed by atoms with E-state index >= 15 is 0 Å². The first-order valence-electron chi connectivity index (χ1n) is 2.47. The summed E-state index contributed by atoms with van der Waals surface area (Å²) in [6.07, 6.45) is 2.61. The van der Waals surface area contributed by atoms with Gasteiger partial charge in [0.15, 0.2) is 5.82 Å². The molecule has 0 atom stereocenters. The molecule has 0 radical (unpaired) electrons. The Morgan fingerprint density at radius 1 is 1.56 bits per heavy atom. The Labute approximate surface area is 57.5 Å². The van der Waals surface area contributed by atoms with Gasteiger partial charge in [-0.1, -0.05) is 11.6 Å². The molecule has 0 spiro atoms. The third kappa shape index (κ3) is 1.19. The fraction of sp³-hybridized carbons (Fsp3) is 0.167. The van der Waals surface area contributed by atoms with E-state index < -0.39 is 5.82 Å². The molecule has 0 aliphatic carbocycles. The highest BCUT2D eigenvalue weighted by Gasteiger charge is 1.99. The fourth-order valence-corrected chi connectivity index (χ4v) is 0.614. The second-order valence-corrected chi connectivity index (χ2v) is 2.13. The fourth-order valence-electron chi connectivity index (χ4n) is 0.516. The number of pyridine rings is 1. The topological polar surface area (TPSA) is 12.9 Å². The normalized spacial score (nSPS) is 9.67. The summed E-state index contributed by atoms with van der Waals surface area (Å²) in [5.41, 5.74) is 0.664. The van der Waals surface area contributed by atoms with E-state index in [-0.39, 0.29) is 5.02 Å². The van der Waals surface area contributed by atoms with Crippen LogP contribution >= 0.6 is 11.6 Å². The predicted molar refractivity (Wildman–Crippen MR) is 33.9 cm³/mol. The minimum Gasteiger partial charge on any atom is -0.261 e. The first-order chi connectivity index (χ1) is 4.22. The molecule has 0 saturated carbocycles. The van der Waals surface area contributed by atoms with Crippen LogP contribution < -0.4 is 0 Å². The van der Waals surface area contributed by atoms with Crippen molar-refractivity contribution in [3.05, 3.63) is 28.8 Å². The van der Waals surface area contributed by atoms with Crippen molar-refractivity contribution in [1.29, 1.82) is 0 Å². The molecule has 0 amide bonds. The standard InChI is InChI=1S/C6H5ClFN/c1-4-2-9-3-5(8)6(4)7/h2-3H,1H3. The summed E-state index contributed by atoms with van der Waals surface area (Å²) in [6.45, 7) is 1.71. The van der Waals surface area contributed by atoms with Crippen LogP contribution in [0.4, 0.5) is 4.39 Å². The predicted octanol–water partition coefficient (Wildman–Crippen LogP) is 2.18. The van der Waals surface area contributed by atoms with Crippen LogP contribution in [0.5, 0.6) is 0 Å². The summed E-state index contributed by atoms with van der Waals surface area (Å²) in [5.74, 6) is -0.461. The molecule has 1 rings (SSSR count). The maximum Gasteiger partial charge on any atom is 0.160 e. The van der Waals surface area contributed by atoms with E-state index in [0.717, 1.165) is 6.20 Å². The Morgan fingerprint density at radius 2 is 2.22 bits per heavy atom. The van der Waals surface area contributed by atoms with Crippen molar-refractivity contribution in [3.8, 4) is 0 Å². The second kappa shape index (κ2) is 2.31. The molecular formula is C6H5ClFN. The number of halogens is 2. The highest BCUT2D eigenvalue weighted by atomic mass is 35.5. The van der Waals surface area contributed by atoms with E-state index in [1.807, 2.05) is 0 Å². The van der Waals surface area contributed by atoms with Gasteiger partial charge >= 0.3 is 0 Å². The van der Waals surface area contributed by atoms with E-state index in [1.54, 1.807) is 6.92 Å². The van der Waals surface area contributed by atoms with Gasteiger partial charge < -0.3 is 0 Å². The maximum absolute atomic E-state index is 12.4. The number of nitrogens with zero attached hydrogens (tertiary/aromatic N) is 1. The molecule has 48 valence electrons. The molecule has 1 aromatic heterocycles. The van der Waals surface area contributed by atoms with Crippen LogP contribution in [0.1, 0.15) is 5.56 Å². The van der Waals surface area contributed by atoms with Crippen LogP contribution in [-0.2, 0) is 0 Å². The Kier molecular flexibility index (Phi) is 1.67. The van der Waals surface area contributed by atoms with Crippen molar-refractivity contribution in [1.82, 2.24) is 4.98 Å². The number of hydrogen-bond acceptors (Lipinski definition) is 1. The molecule has 0 aliphatic rings. The molecule has 0 aliphatic heterocycles. The zero-order valence-corrected chi connectivity index (χ0v) is 5.61. The van der Waals surface area contributed by atoms with Gasteiger partial charge in [0, 0.05) is 6.20 Å². The van der Waals surface area contributed by atoms with E-state index in [2.05, 4.69) is 4.98 Å². The molecule has 1 nitrogen and oxygen atoms in total. The molecule has 0 saturated heterocycles. The average Bonchev–Trinajstić information content (AvgIpc) is 1.83. The summed E-state index contributed by atoms with van der Waals surface area (Å²) >= 11 is 5.46. The molecule has 1 heterocycles. The Hall–Kier alpha value is -0.630. The van der Waals surface area contributed by atoms with Gasteiger partial charge in [0.25, 0.3) is 0 Å². The van der Waals surface area contributed by atoms with E-state index in [0.29, 0.717) is 5.56 Å². The molecule has 9 heavy (non-hydrogen) atoms. The van der Waals surface area contributed by atoms with Crippen LogP contribution in [0.25, 0.3) is 0 Å². The van der Waals surface area contributed by atoms with Gasteiger partial charge in [0.2, 0.25) is 0 Å². The summed E-state index contributed by atoms with van der Waals surface area (Å²) in [7, 11) is 0. The minimum atomic E-state index is -0.461. The van der Waals surface area contributed by atoms with Crippen molar-refractivity contribution in [2.24, 2.45) is 0 Å². The zero-order chi connectivity index (χ0) is 6.85. The first-order valence-corrected chi connectivity index (χ1v) is 2.85. The third-order valence-electron chi connectivity index (χ3n) is 1.01. The van der Waals surface area contributed by atoms with Crippen molar-refractivity contribution in [2.45, 2.75) is 6.92 Å². The average molecular weight is 146 g/mol. The van der Waals surface area contributed by atoms with Crippen LogP contribution in [0, 0.1) is 12.7 Å². The second-order valence-electron chi connectivity index (χ2n) is 1.75. The van der Waals surface area contributed by atoms with Gasteiger partial charge in [-0.15, -0.1) is 0 Å². The molecule has 0 unspecified atom stereocenters. The number of hydrogen-bond donors (Lipinski definition) is 0. The van der Waals surface area contributed by atoms with Gasteiger partial charge in [-0.2, -0.15) is 0 Å². The monoisotopic (exact) mass is 145 g/mol. The number of aromatic nitrogens is 1. The van der Waals surface area contributed by atoms with Gasteiger partial charge in [0.1, 0.15) is 0 Å². The summed E-state index contributed by atoms with van der Waals surface area (Å²) in [6, 6.07) is 0. The molecule has 0 N–H and O–H groups in total. The zero-order valence-electron chi connectivity index (χ0n) is 4.86. The molecule has 0 fully saturated rings. The Balaban J connectivity index is 3.25. The molecular weight excluding hydrogens is 141 g/mol. The van der Waals surface area contributed by atoms with Crippen LogP contribution in [0.3, 0.4) is 0 Å². The van der Waals surface area contributed by atoms with Crippen molar-refractivity contribution < 1.29 is 4.39 Å². The van der Waals surface area contributed by atoms with Crippen LogP contribution in [0.2, 0.25) is 5.02 Å². The summed E-state index contributed by atoms with van der Waals surface area (Å²) in [5, 5.41) is 0.157. The lowest BCUT2D eigenvalue weighted by Gasteiger charge is -1.94. The lowest BCUT2D eigenvalue weighted by Crippen LogP contribution is -1.82.